The lowest BCUT2D eigenvalue weighted by atomic mass is 10.1. The quantitative estimate of drug-likeness (QED) is 0.666. The molecule has 0 fully saturated rings. The lowest BCUT2D eigenvalue weighted by Gasteiger charge is -2.28. The van der Waals surface area contributed by atoms with Gasteiger partial charge in [-0.25, -0.2) is 13.2 Å². The summed E-state index contributed by atoms with van der Waals surface area (Å²) in [5.74, 6) is -1.04. The first-order valence-electron chi connectivity index (χ1n) is 8.88. The molecule has 0 aliphatic rings. The molecule has 0 saturated carbocycles. The minimum atomic E-state index is -3.75. The summed E-state index contributed by atoms with van der Waals surface area (Å²) in [6.07, 6.45) is 1.03. The summed E-state index contributed by atoms with van der Waals surface area (Å²) in [5, 5.41) is 3.15. The molecule has 1 unspecified atom stereocenters. The summed E-state index contributed by atoms with van der Waals surface area (Å²) < 4.78 is 30.7. The van der Waals surface area contributed by atoms with Gasteiger partial charge >= 0.3 is 5.97 Å². The largest absolute Gasteiger partial charge is 0.462 e. The van der Waals surface area contributed by atoms with Gasteiger partial charge in [0.1, 0.15) is 6.04 Å². The normalized spacial score (nSPS) is 12.2. The third-order valence-electron chi connectivity index (χ3n) is 4.26. The van der Waals surface area contributed by atoms with Gasteiger partial charge in [-0.3, -0.25) is 9.10 Å². The zero-order valence-electron chi connectivity index (χ0n) is 16.6. The number of sulfonamides is 1. The average molecular weight is 439 g/mol. The Hall–Kier alpha value is -2.58. The standard InChI is InChI=1S/C20H23ClN2O5S/c1-5-28-20(25)17-7-6-8-18(13(17)2)22-19(24)14(3)23(29(4,26)27)16-11-9-15(21)10-12-16/h6-12,14H,5H2,1-4H3,(H,22,24). The highest BCUT2D eigenvalue weighted by molar-refractivity contribution is 7.92. The number of benzene rings is 2. The molecular formula is C20H23ClN2O5S. The fraction of sp³-hybridized carbons (Fsp3) is 0.300. The second kappa shape index (κ2) is 9.28. The maximum absolute atomic E-state index is 12.8. The lowest BCUT2D eigenvalue weighted by molar-refractivity contribution is -0.116. The van der Waals surface area contributed by atoms with Crippen LogP contribution in [0.4, 0.5) is 11.4 Å². The molecule has 1 amide bonds. The van der Waals surface area contributed by atoms with Gasteiger partial charge in [0.2, 0.25) is 15.9 Å². The molecule has 1 atom stereocenters. The Morgan fingerprint density at radius 2 is 1.79 bits per heavy atom. The van der Waals surface area contributed by atoms with Gasteiger partial charge in [-0.1, -0.05) is 17.7 Å². The number of carbonyl (C=O) groups excluding carboxylic acids is 2. The molecule has 2 rings (SSSR count). The van der Waals surface area contributed by atoms with E-state index in [1.54, 1.807) is 44.2 Å². The maximum Gasteiger partial charge on any atom is 0.338 e. The van der Waals surface area contributed by atoms with Crippen LogP contribution in [0.25, 0.3) is 0 Å². The summed E-state index contributed by atoms with van der Waals surface area (Å²) in [5.41, 5.74) is 1.58. The van der Waals surface area contributed by atoms with E-state index in [1.807, 2.05) is 0 Å². The topological polar surface area (TPSA) is 92.8 Å². The lowest BCUT2D eigenvalue weighted by Crippen LogP contribution is -2.45. The maximum atomic E-state index is 12.8. The Balaban J connectivity index is 2.32. The van der Waals surface area contributed by atoms with Gasteiger partial charge in [0.25, 0.3) is 0 Å². The van der Waals surface area contributed by atoms with Crippen LogP contribution in [-0.2, 0) is 19.6 Å². The molecular weight excluding hydrogens is 416 g/mol. The van der Waals surface area contributed by atoms with Crippen LogP contribution in [0.1, 0.15) is 29.8 Å². The number of ether oxygens (including phenoxy) is 1. The number of halogens is 1. The van der Waals surface area contributed by atoms with Gasteiger partial charge in [0.15, 0.2) is 0 Å². The SMILES string of the molecule is CCOC(=O)c1cccc(NC(=O)C(C)N(c2ccc(Cl)cc2)S(C)(=O)=O)c1C. The number of hydrogen-bond acceptors (Lipinski definition) is 5. The molecule has 9 heteroatoms. The first-order chi connectivity index (χ1) is 13.6. The van der Waals surface area contributed by atoms with Crippen molar-refractivity contribution in [2.75, 3.05) is 22.5 Å². The van der Waals surface area contributed by atoms with Gasteiger partial charge in [0.05, 0.1) is 24.1 Å². The van der Waals surface area contributed by atoms with E-state index >= 15 is 0 Å². The first kappa shape index (κ1) is 22.7. The summed E-state index contributed by atoms with van der Waals surface area (Å²) in [6.45, 7) is 5.10. The van der Waals surface area contributed by atoms with Crippen LogP contribution in [0.5, 0.6) is 0 Å². The van der Waals surface area contributed by atoms with E-state index in [2.05, 4.69) is 5.32 Å². The number of hydrogen-bond donors (Lipinski definition) is 1. The summed E-state index contributed by atoms with van der Waals surface area (Å²) >= 11 is 5.88. The van der Waals surface area contributed by atoms with Gasteiger partial charge in [0, 0.05) is 10.7 Å². The smallest absolute Gasteiger partial charge is 0.338 e. The predicted octanol–water partition coefficient (Wildman–Crippen LogP) is 3.62. The Morgan fingerprint density at radius 1 is 1.17 bits per heavy atom. The van der Waals surface area contributed by atoms with E-state index < -0.39 is 27.9 Å². The van der Waals surface area contributed by atoms with Crippen molar-refractivity contribution in [3.8, 4) is 0 Å². The van der Waals surface area contributed by atoms with Crippen molar-refractivity contribution in [3.05, 3.63) is 58.6 Å². The highest BCUT2D eigenvalue weighted by Crippen LogP contribution is 2.25. The minimum absolute atomic E-state index is 0.232. The van der Waals surface area contributed by atoms with Gasteiger partial charge in [-0.2, -0.15) is 0 Å². The Bertz CT molecular complexity index is 1010. The van der Waals surface area contributed by atoms with Crippen molar-refractivity contribution >= 4 is 44.9 Å². The fourth-order valence-corrected chi connectivity index (χ4v) is 4.14. The second-order valence-corrected chi connectivity index (χ2v) is 8.69. The zero-order valence-corrected chi connectivity index (χ0v) is 18.2. The van der Waals surface area contributed by atoms with Crippen LogP contribution in [0.2, 0.25) is 5.02 Å². The number of esters is 1. The molecule has 0 aliphatic carbocycles. The molecule has 29 heavy (non-hydrogen) atoms. The molecule has 0 aliphatic heterocycles. The van der Waals surface area contributed by atoms with Crippen molar-refractivity contribution < 1.29 is 22.7 Å². The number of rotatable bonds is 7. The third-order valence-corrected chi connectivity index (χ3v) is 5.75. The van der Waals surface area contributed by atoms with Crippen LogP contribution in [-0.4, -0.2) is 39.2 Å². The number of anilines is 2. The van der Waals surface area contributed by atoms with Crippen LogP contribution < -0.4 is 9.62 Å². The molecule has 0 aromatic heterocycles. The van der Waals surface area contributed by atoms with Gasteiger partial charge in [-0.05, 0) is 62.7 Å². The Labute approximate surface area is 175 Å². The highest BCUT2D eigenvalue weighted by atomic mass is 35.5. The zero-order chi connectivity index (χ0) is 21.8. The predicted molar refractivity (Wildman–Crippen MR) is 114 cm³/mol. The number of carbonyl (C=O) groups is 2. The van der Waals surface area contributed by atoms with Crippen LogP contribution in [0, 0.1) is 6.92 Å². The molecule has 2 aromatic carbocycles. The van der Waals surface area contributed by atoms with Gasteiger partial charge in [-0.15, -0.1) is 0 Å². The molecule has 2 aromatic rings. The summed E-state index contributed by atoms with van der Waals surface area (Å²) in [6, 6.07) is 9.96. The second-order valence-electron chi connectivity index (χ2n) is 6.40. The van der Waals surface area contributed by atoms with E-state index in [1.165, 1.54) is 19.1 Å². The third kappa shape index (κ3) is 5.48. The summed E-state index contributed by atoms with van der Waals surface area (Å²) in [4.78, 5) is 24.9. The molecule has 0 heterocycles. The number of nitrogens with one attached hydrogen (secondary N) is 1. The average Bonchev–Trinajstić information content (AvgIpc) is 2.64. The Morgan fingerprint density at radius 3 is 2.34 bits per heavy atom. The molecule has 0 bridgehead atoms. The minimum Gasteiger partial charge on any atom is -0.462 e. The van der Waals surface area contributed by atoms with Gasteiger partial charge < -0.3 is 10.1 Å². The molecule has 0 saturated heterocycles. The van der Waals surface area contributed by atoms with Crippen molar-refractivity contribution in [1.29, 1.82) is 0 Å². The van der Waals surface area contributed by atoms with E-state index in [-0.39, 0.29) is 6.61 Å². The van der Waals surface area contributed by atoms with Crippen LogP contribution >= 0.6 is 11.6 Å². The molecule has 0 radical (unpaired) electrons. The molecule has 156 valence electrons. The number of amides is 1. The Kier molecular flexibility index (Phi) is 7.26. The number of nitrogens with zero attached hydrogens (tertiary/aromatic N) is 1. The van der Waals surface area contributed by atoms with E-state index in [4.69, 9.17) is 16.3 Å². The molecule has 1 N–H and O–H groups in total. The van der Waals surface area contributed by atoms with Crippen LogP contribution in [0.3, 0.4) is 0 Å². The van der Waals surface area contributed by atoms with E-state index in [0.717, 1.165) is 10.6 Å². The van der Waals surface area contributed by atoms with Crippen LogP contribution in [0.15, 0.2) is 42.5 Å². The van der Waals surface area contributed by atoms with E-state index in [9.17, 15) is 18.0 Å². The summed E-state index contributed by atoms with van der Waals surface area (Å²) in [7, 11) is -3.75. The molecule has 7 nitrogen and oxygen atoms in total. The van der Waals surface area contributed by atoms with Crippen molar-refractivity contribution in [2.45, 2.75) is 26.8 Å². The van der Waals surface area contributed by atoms with E-state index in [0.29, 0.717) is 27.5 Å². The first-order valence-corrected chi connectivity index (χ1v) is 11.1. The van der Waals surface area contributed by atoms with Crippen molar-refractivity contribution in [3.63, 3.8) is 0 Å². The fourth-order valence-electron chi connectivity index (χ4n) is 2.84. The molecule has 0 spiro atoms. The highest BCUT2D eigenvalue weighted by Gasteiger charge is 2.29. The van der Waals surface area contributed by atoms with Crippen molar-refractivity contribution in [1.82, 2.24) is 0 Å². The monoisotopic (exact) mass is 438 g/mol. The van der Waals surface area contributed by atoms with Crippen molar-refractivity contribution in [2.24, 2.45) is 0 Å².